The number of hydrogen-bond acceptors (Lipinski definition) is 6. The number of aldehydes is 1. The molecular weight excluding hydrogens is 681 g/mol. The topological polar surface area (TPSA) is 157 Å². The number of carbonyl (C=O) groups excluding carboxylic acids is 2. The zero-order valence-electron chi connectivity index (χ0n) is 33.5. The van der Waals surface area contributed by atoms with Crippen molar-refractivity contribution in [1.82, 2.24) is 21.3 Å². The van der Waals surface area contributed by atoms with Crippen molar-refractivity contribution in [2.45, 2.75) is 155 Å². The van der Waals surface area contributed by atoms with Crippen molar-refractivity contribution in [3.8, 4) is 0 Å². The molecule has 2 rings (SSSR count). The molecule has 10 heteroatoms. The third-order valence-electron chi connectivity index (χ3n) is 10.5. The average molecular weight is 751 g/mol. The summed E-state index contributed by atoms with van der Waals surface area (Å²) in [5, 5.41) is 31.2. The first kappa shape index (κ1) is 46.4. The first-order valence-corrected chi connectivity index (χ1v) is 20.6. The standard InChI is InChI=1S/C44H70N4O6/c1-34(2)39(33-49)45-30-24-16-14-12-10-8-6-5-7-9-11-13-15-23-29-38(31-36-25-19-17-20-26-36)44(48-43(53)54,32-37-27-21-18-22-28-37)47-40(35(3)4)41(50)46-42(51)52/h17-22,25-28,33-35,38-40,45,47-48H,5-16,23-24,29-32H2,1-4H3,(H,46,50)(H,51,52)(H,53,54)/t38-,39?,40-,44?/m0/s1. The molecule has 2 aromatic rings. The molecule has 0 aliphatic carbocycles. The molecule has 0 aliphatic heterocycles. The summed E-state index contributed by atoms with van der Waals surface area (Å²) >= 11 is 0. The van der Waals surface area contributed by atoms with E-state index in [1.54, 1.807) is 0 Å². The average Bonchev–Trinajstić information content (AvgIpc) is 3.12. The van der Waals surface area contributed by atoms with Gasteiger partial charge in [-0.3, -0.25) is 15.4 Å². The number of amides is 3. The number of imide groups is 1. The minimum absolute atomic E-state index is 0.0301. The summed E-state index contributed by atoms with van der Waals surface area (Å²) < 4.78 is 0. The number of rotatable bonds is 30. The molecule has 2 aromatic carbocycles. The van der Waals surface area contributed by atoms with Crippen molar-refractivity contribution >= 4 is 24.4 Å². The van der Waals surface area contributed by atoms with E-state index < -0.39 is 29.8 Å². The van der Waals surface area contributed by atoms with Crippen LogP contribution in [0.25, 0.3) is 0 Å². The summed E-state index contributed by atoms with van der Waals surface area (Å²) in [7, 11) is 0. The summed E-state index contributed by atoms with van der Waals surface area (Å²) in [4.78, 5) is 48.4. The predicted octanol–water partition coefficient (Wildman–Crippen LogP) is 9.12. The van der Waals surface area contributed by atoms with Gasteiger partial charge < -0.3 is 25.6 Å². The Morgan fingerprint density at radius 2 is 1.13 bits per heavy atom. The van der Waals surface area contributed by atoms with Crippen molar-refractivity contribution in [3.05, 3.63) is 71.8 Å². The summed E-state index contributed by atoms with van der Waals surface area (Å²) in [6.07, 6.45) is 16.6. The van der Waals surface area contributed by atoms with Crippen LogP contribution in [0, 0.1) is 17.8 Å². The van der Waals surface area contributed by atoms with Gasteiger partial charge in [0.25, 0.3) is 0 Å². The van der Waals surface area contributed by atoms with Gasteiger partial charge in [-0.1, -0.05) is 172 Å². The smallest absolute Gasteiger partial charge is 0.411 e. The summed E-state index contributed by atoms with van der Waals surface area (Å²) in [5.74, 6) is -0.937. The number of benzene rings is 2. The van der Waals surface area contributed by atoms with E-state index in [-0.39, 0.29) is 24.3 Å². The largest absolute Gasteiger partial charge is 0.465 e. The lowest BCUT2D eigenvalue weighted by molar-refractivity contribution is -0.124. The molecule has 2 unspecified atom stereocenters. The molecule has 0 fully saturated rings. The third kappa shape index (κ3) is 19.0. The highest BCUT2D eigenvalue weighted by molar-refractivity contribution is 5.94. The monoisotopic (exact) mass is 751 g/mol. The maximum Gasteiger partial charge on any atom is 0.411 e. The molecule has 0 aliphatic rings. The lowest BCUT2D eigenvalue weighted by Gasteiger charge is -2.45. The fraction of sp³-hybridized carbons (Fsp3) is 0.636. The van der Waals surface area contributed by atoms with Crippen LogP contribution in [0.4, 0.5) is 9.59 Å². The Kier molecular flexibility index (Phi) is 23.1. The number of carboxylic acid groups (broad SMARTS) is 2. The maximum atomic E-state index is 13.2. The Balaban J connectivity index is 1.95. The van der Waals surface area contributed by atoms with Crippen molar-refractivity contribution in [2.75, 3.05) is 6.54 Å². The molecule has 302 valence electrons. The van der Waals surface area contributed by atoms with Crippen LogP contribution in [0.3, 0.4) is 0 Å². The van der Waals surface area contributed by atoms with Gasteiger partial charge in [-0.05, 0) is 54.7 Å². The lowest BCUT2D eigenvalue weighted by Crippen LogP contribution is -2.70. The van der Waals surface area contributed by atoms with Crippen molar-refractivity contribution in [3.63, 3.8) is 0 Å². The predicted molar refractivity (Wildman–Crippen MR) is 218 cm³/mol. The van der Waals surface area contributed by atoms with Gasteiger partial charge in [0.1, 0.15) is 11.9 Å². The van der Waals surface area contributed by atoms with E-state index in [1.807, 2.05) is 79.8 Å². The summed E-state index contributed by atoms with van der Waals surface area (Å²) in [6.45, 7) is 8.70. The van der Waals surface area contributed by atoms with Crippen molar-refractivity contribution < 1.29 is 29.4 Å². The van der Waals surface area contributed by atoms with Crippen LogP contribution < -0.4 is 21.3 Å². The second kappa shape index (κ2) is 26.9. The van der Waals surface area contributed by atoms with Crippen LogP contribution in [0.2, 0.25) is 0 Å². The fourth-order valence-corrected chi connectivity index (χ4v) is 7.37. The van der Waals surface area contributed by atoms with Gasteiger partial charge in [0.15, 0.2) is 0 Å². The number of carbonyl (C=O) groups is 4. The second-order valence-electron chi connectivity index (χ2n) is 15.7. The maximum absolute atomic E-state index is 13.2. The fourth-order valence-electron chi connectivity index (χ4n) is 7.37. The van der Waals surface area contributed by atoms with Gasteiger partial charge >= 0.3 is 12.2 Å². The molecule has 0 heterocycles. The molecule has 10 nitrogen and oxygen atoms in total. The zero-order valence-corrected chi connectivity index (χ0v) is 33.5. The van der Waals surface area contributed by atoms with E-state index in [4.69, 9.17) is 0 Å². The van der Waals surface area contributed by atoms with E-state index in [0.717, 1.165) is 49.6 Å². The molecule has 6 N–H and O–H groups in total. The van der Waals surface area contributed by atoms with Gasteiger partial charge in [0.05, 0.1) is 12.1 Å². The van der Waals surface area contributed by atoms with Gasteiger partial charge in [0, 0.05) is 6.42 Å². The molecule has 0 spiro atoms. The van der Waals surface area contributed by atoms with E-state index in [1.165, 1.54) is 64.2 Å². The van der Waals surface area contributed by atoms with Gasteiger partial charge in [0.2, 0.25) is 5.91 Å². The minimum atomic E-state index is -1.45. The van der Waals surface area contributed by atoms with E-state index in [9.17, 15) is 29.4 Å². The Bertz CT molecular complexity index is 1320. The first-order chi connectivity index (χ1) is 26.0. The van der Waals surface area contributed by atoms with Crippen molar-refractivity contribution in [2.24, 2.45) is 17.8 Å². The first-order valence-electron chi connectivity index (χ1n) is 20.6. The molecule has 0 bridgehead atoms. The molecule has 0 aromatic heterocycles. The summed E-state index contributed by atoms with van der Waals surface area (Å²) in [6, 6.07) is 18.6. The van der Waals surface area contributed by atoms with Crippen LogP contribution in [0.15, 0.2) is 60.7 Å². The normalized spacial score (nSPS) is 14.3. The van der Waals surface area contributed by atoms with E-state index in [2.05, 4.69) is 29.8 Å². The van der Waals surface area contributed by atoms with Gasteiger partial charge in [-0.15, -0.1) is 0 Å². The Morgan fingerprint density at radius 3 is 1.57 bits per heavy atom. The Labute approximate surface area is 325 Å². The lowest BCUT2D eigenvalue weighted by atomic mass is 9.78. The van der Waals surface area contributed by atoms with Crippen LogP contribution in [-0.4, -0.2) is 58.9 Å². The SMILES string of the molecule is CC(C)C(C=O)NCCCCCCCCCCCCCCCC[C@@H](Cc1ccccc1)C(Cc1ccccc1)(NC(=O)O)N[C@H](C(=O)NC(=O)O)C(C)C. The second-order valence-corrected chi connectivity index (χ2v) is 15.7. The number of unbranched alkanes of at least 4 members (excludes halogenated alkanes) is 13. The molecular formula is C44H70N4O6. The Morgan fingerprint density at radius 1 is 0.648 bits per heavy atom. The minimum Gasteiger partial charge on any atom is -0.465 e. The number of hydrogen-bond donors (Lipinski definition) is 6. The molecule has 54 heavy (non-hydrogen) atoms. The van der Waals surface area contributed by atoms with E-state index >= 15 is 0 Å². The molecule has 0 saturated heterocycles. The van der Waals surface area contributed by atoms with E-state index in [0.29, 0.717) is 18.8 Å². The number of nitrogens with one attached hydrogen (secondary N) is 4. The van der Waals surface area contributed by atoms with Gasteiger partial charge in [-0.2, -0.15) is 0 Å². The van der Waals surface area contributed by atoms with Gasteiger partial charge in [-0.25, -0.2) is 9.59 Å². The highest BCUT2D eigenvalue weighted by atomic mass is 16.4. The zero-order chi connectivity index (χ0) is 39.6. The van der Waals surface area contributed by atoms with Crippen LogP contribution >= 0.6 is 0 Å². The highest BCUT2D eigenvalue weighted by Crippen LogP contribution is 2.31. The summed E-state index contributed by atoms with van der Waals surface area (Å²) in [5.41, 5.74) is 0.699. The van der Waals surface area contributed by atoms with Crippen LogP contribution in [0.1, 0.15) is 135 Å². The Hall–Kier alpha value is -3.76. The van der Waals surface area contributed by atoms with Crippen LogP contribution in [0.5, 0.6) is 0 Å². The third-order valence-corrected chi connectivity index (χ3v) is 10.5. The molecule has 0 saturated carbocycles. The van der Waals surface area contributed by atoms with Crippen molar-refractivity contribution in [1.29, 1.82) is 0 Å². The molecule has 0 radical (unpaired) electrons. The molecule has 4 atom stereocenters. The quantitative estimate of drug-likeness (QED) is 0.0262. The molecule has 3 amide bonds. The van der Waals surface area contributed by atoms with Crippen LogP contribution in [-0.2, 0) is 22.4 Å². The highest BCUT2D eigenvalue weighted by Gasteiger charge is 2.44.